The molecule has 2 aliphatic heterocycles. The van der Waals surface area contributed by atoms with Crippen molar-refractivity contribution in [1.29, 1.82) is 5.41 Å². The van der Waals surface area contributed by atoms with E-state index in [1.54, 1.807) is 7.05 Å². The summed E-state index contributed by atoms with van der Waals surface area (Å²) in [5, 5.41) is 17.7. The SMILES string of the molecule is CNC(=O)CCC(C=O)C(=N)c1ccc(C2CCN(CC3CNC3)CC2)cc1NC. The molecule has 7 heteroatoms. The second-order valence-corrected chi connectivity index (χ2v) is 8.52. The molecule has 0 aromatic heterocycles. The van der Waals surface area contributed by atoms with Gasteiger partial charge in [-0.2, -0.15) is 0 Å². The maximum atomic E-state index is 11.6. The molecule has 3 rings (SSSR count). The summed E-state index contributed by atoms with van der Waals surface area (Å²) in [5.74, 6) is 0.659. The smallest absolute Gasteiger partial charge is 0.219 e. The van der Waals surface area contributed by atoms with Gasteiger partial charge in [0.15, 0.2) is 0 Å². The predicted molar refractivity (Wildman–Crippen MR) is 120 cm³/mol. The molecule has 2 aliphatic rings. The number of hydrogen-bond donors (Lipinski definition) is 4. The van der Waals surface area contributed by atoms with Gasteiger partial charge in [-0.05, 0) is 55.8 Å². The topological polar surface area (TPSA) is 97.3 Å². The van der Waals surface area contributed by atoms with E-state index in [0.29, 0.717) is 12.3 Å². The Hall–Kier alpha value is -2.25. The lowest BCUT2D eigenvalue weighted by molar-refractivity contribution is -0.120. The summed E-state index contributed by atoms with van der Waals surface area (Å²) in [4.78, 5) is 25.7. The van der Waals surface area contributed by atoms with Crippen LogP contribution >= 0.6 is 0 Å². The van der Waals surface area contributed by atoms with Crippen LogP contribution in [0.3, 0.4) is 0 Å². The van der Waals surface area contributed by atoms with Gasteiger partial charge < -0.3 is 31.1 Å². The van der Waals surface area contributed by atoms with Crippen molar-refractivity contribution in [3.8, 4) is 0 Å². The molecule has 0 saturated carbocycles. The summed E-state index contributed by atoms with van der Waals surface area (Å²) in [5.41, 5.74) is 3.19. The van der Waals surface area contributed by atoms with Gasteiger partial charge in [-0.25, -0.2) is 0 Å². The van der Waals surface area contributed by atoms with E-state index in [4.69, 9.17) is 5.41 Å². The molecule has 164 valence electrons. The van der Waals surface area contributed by atoms with Crippen molar-refractivity contribution >= 4 is 23.6 Å². The second kappa shape index (κ2) is 10.7. The monoisotopic (exact) mass is 413 g/mol. The summed E-state index contributed by atoms with van der Waals surface area (Å²) in [6.45, 7) is 5.80. The number of amides is 1. The van der Waals surface area contributed by atoms with Crippen molar-refractivity contribution in [2.45, 2.75) is 31.6 Å². The van der Waals surface area contributed by atoms with E-state index in [0.717, 1.165) is 62.5 Å². The largest absolute Gasteiger partial charge is 0.388 e. The minimum Gasteiger partial charge on any atom is -0.388 e. The van der Waals surface area contributed by atoms with Crippen LogP contribution in [0.4, 0.5) is 5.69 Å². The van der Waals surface area contributed by atoms with Crippen molar-refractivity contribution in [2.75, 3.05) is 52.1 Å². The van der Waals surface area contributed by atoms with Crippen LogP contribution in [0, 0.1) is 17.2 Å². The average Bonchev–Trinajstić information content (AvgIpc) is 2.76. The van der Waals surface area contributed by atoms with Crippen LogP contribution in [0.2, 0.25) is 0 Å². The van der Waals surface area contributed by atoms with Crippen LogP contribution in [0.15, 0.2) is 18.2 Å². The first-order chi connectivity index (χ1) is 14.5. The molecule has 1 unspecified atom stereocenters. The predicted octanol–water partition coefficient (Wildman–Crippen LogP) is 1.84. The molecule has 1 aromatic rings. The molecule has 1 atom stereocenters. The van der Waals surface area contributed by atoms with Crippen LogP contribution in [0.1, 0.15) is 42.7 Å². The minimum absolute atomic E-state index is 0.112. The number of aldehydes is 1. The number of benzene rings is 1. The van der Waals surface area contributed by atoms with Crippen molar-refractivity contribution in [2.24, 2.45) is 11.8 Å². The quantitative estimate of drug-likeness (QED) is 0.347. The number of anilines is 1. The molecule has 2 fully saturated rings. The molecule has 2 heterocycles. The van der Waals surface area contributed by atoms with Crippen molar-refractivity contribution in [3.63, 3.8) is 0 Å². The van der Waals surface area contributed by atoms with Gasteiger partial charge in [-0.15, -0.1) is 0 Å². The third-order valence-electron chi connectivity index (χ3n) is 6.54. The van der Waals surface area contributed by atoms with Gasteiger partial charge in [0.2, 0.25) is 5.91 Å². The molecule has 2 saturated heterocycles. The number of carbonyl (C=O) groups is 2. The van der Waals surface area contributed by atoms with Gasteiger partial charge in [0.25, 0.3) is 0 Å². The molecule has 0 bridgehead atoms. The number of piperidine rings is 1. The third kappa shape index (κ3) is 5.46. The Morgan fingerprint density at radius 1 is 1.30 bits per heavy atom. The molecule has 30 heavy (non-hydrogen) atoms. The summed E-state index contributed by atoms with van der Waals surface area (Å²) >= 11 is 0. The molecule has 0 radical (unpaired) electrons. The van der Waals surface area contributed by atoms with E-state index in [2.05, 4.69) is 33.0 Å². The summed E-state index contributed by atoms with van der Waals surface area (Å²) in [6.07, 6.45) is 3.69. The third-order valence-corrected chi connectivity index (χ3v) is 6.54. The summed E-state index contributed by atoms with van der Waals surface area (Å²) in [6, 6.07) is 6.22. The first kappa shape index (κ1) is 22.4. The molecule has 0 spiro atoms. The molecule has 1 amide bonds. The van der Waals surface area contributed by atoms with Crippen LogP contribution in [0.5, 0.6) is 0 Å². The Kier molecular flexibility index (Phi) is 7.99. The van der Waals surface area contributed by atoms with E-state index < -0.39 is 5.92 Å². The fourth-order valence-electron chi connectivity index (χ4n) is 4.44. The maximum Gasteiger partial charge on any atom is 0.219 e. The zero-order chi connectivity index (χ0) is 21.5. The van der Waals surface area contributed by atoms with Gasteiger partial charge in [0.05, 0.1) is 11.6 Å². The van der Waals surface area contributed by atoms with Gasteiger partial charge >= 0.3 is 0 Å². The van der Waals surface area contributed by atoms with Crippen molar-refractivity contribution < 1.29 is 9.59 Å². The van der Waals surface area contributed by atoms with Crippen LogP contribution in [0.25, 0.3) is 0 Å². The molecule has 7 nitrogen and oxygen atoms in total. The van der Waals surface area contributed by atoms with E-state index >= 15 is 0 Å². The number of likely N-dealkylation sites (tertiary alicyclic amines) is 1. The fraction of sp³-hybridized carbons (Fsp3) is 0.609. The fourth-order valence-corrected chi connectivity index (χ4v) is 4.44. The minimum atomic E-state index is -0.579. The Morgan fingerprint density at radius 3 is 2.60 bits per heavy atom. The van der Waals surface area contributed by atoms with Gasteiger partial charge in [-0.3, -0.25) is 4.79 Å². The lowest BCUT2D eigenvalue weighted by Gasteiger charge is -2.37. The molecule has 0 aliphatic carbocycles. The lowest BCUT2D eigenvalue weighted by Crippen LogP contribution is -2.49. The van der Waals surface area contributed by atoms with Gasteiger partial charge in [-0.1, -0.05) is 12.1 Å². The van der Waals surface area contributed by atoms with E-state index in [9.17, 15) is 9.59 Å². The number of nitrogens with one attached hydrogen (secondary N) is 4. The first-order valence-electron chi connectivity index (χ1n) is 11.0. The number of rotatable bonds is 10. The Balaban J connectivity index is 1.63. The maximum absolute atomic E-state index is 11.6. The van der Waals surface area contributed by atoms with Crippen LogP contribution < -0.4 is 16.0 Å². The van der Waals surface area contributed by atoms with E-state index in [1.807, 2.05) is 13.1 Å². The summed E-state index contributed by atoms with van der Waals surface area (Å²) < 4.78 is 0. The number of nitrogens with zero attached hydrogens (tertiary/aromatic N) is 1. The van der Waals surface area contributed by atoms with E-state index in [-0.39, 0.29) is 18.0 Å². The van der Waals surface area contributed by atoms with Crippen LogP contribution in [-0.4, -0.2) is 69.6 Å². The van der Waals surface area contributed by atoms with E-state index in [1.165, 1.54) is 12.1 Å². The number of carbonyl (C=O) groups excluding carboxylic acids is 2. The standard InChI is InChI=1S/C23H35N5O2/c1-25-21-11-18(17-7-9-28(10-8-17)14-16-12-27-13-16)3-5-20(21)23(24)19(15-29)4-6-22(30)26-2/h3,5,11,15-17,19,24-25,27H,4,6-10,12-14H2,1-2H3,(H,26,30). The highest BCUT2D eigenvalue weighted by atomic mass is 16.1. The Labute approximate surface area is 179 Å². The lowest BCUT2D eigenvalue weighted by atomic mass is 9.86. The number of hydrogen-bond acceptors (Lipinski definition) is 6. The van der Waals surface area contributed by atoms with Crippen molar-refractivity contribution in [3.05, 3.63) is 29.3 Å². The van der Waals surface area contributed by atoms with Crippen LogP contribution in [-0.2, 0) is 9.59 Å². The second-order valence-electron chi connectivity index (χ2n) is 8.52. The highest BCUT2D eigenvalue weighted by Gasteiger charge is 2.26. The average molecular weight is 414 g/mol. The molecular formula is C23H35N5O2. The van der Waals surface area contributed by atoms with Gasteiger partial charge in [0, 0.05) is 51.4 Å². The normalized spacial score (nSPS) is 19.0. The zero-order valence-corrected chi connectivity index (χ0v) is 18.2. The Bertz CT molecular complexity index is 754. The molecule has 1 aromatic carbocycles. The van der Waals surface area contributed by atoms with Crippen molar-refractivity contribution in [1.82, 2.24) is 15.5 Å². The highest BCUT2D eigenvalue weighted by Crippen LogP contribution is 2.32. The Morgan fingerprint density at radius 2 is 2.03 bits per heavy atom. The highest BCUT2D eigenvalue weighted by molar-refractivity contribution is 6.10. The summed E-state index contributed by atoms with van der Waals surface area (Å²) in [7, 11) is 3.43. The molecule has 4 N–H and O–H groups in total. The zero-order valence-electron chi connectivity index (χ0n) is 18.2. The molecular weight excluding hydrogens is 378 g/mol. The first-order valence-corrected chi connectivity index (χ1v) is 11.0. The van der Waals surface area contributed by atoms with Gasteiger partial charge in [0.1, 0.15) is 6.29 Å².